The van der Waals surface area contributed by atoms with Gasteiger partial charge in [-0.25, -0.2) is 4.79 Å². The first-order valence-corrected chi connectivity index (χ1v) is 5.51. The second kappa shape index (κ2) is 4.45. The summed E-state index contributed by atoms with van der Waals surface area (Å²) in [4.78, 5) is 11.3. The summed E-state index contributed by atoms with van der Waals surface area (Å²) >= 11 is 0. The lowest BCUT2D eigenvalue weighted by molar-refractivity contribution is 0.0694. The molecule has 1 N–H and O–H groups in total. The molecule has 0 radical (unpaired) electrons. The molecule has 17 heavy (non-hydrogen) atoms. The van der Waals surface area contributed by atoms with Gasteiger partial charge in [-0.1, -0.05) is 44.2 Å². The van der Waals surface area contributed by atoms with Crippen molar-refractivity contribution in [3.05, 3.63) is 47.9 Å². The second-order valence-corrected chi connectivity index (χ2v) is 4.21. The van der Waals surface area contributed by atoms with E-state index in [4.69, 9.17) is 4.42 Å². The van der Waals surface area contributed by atoms with E-state index in [1.807, 2.05) is 44.2 Å². The normalized spacial score (nSPS) is 10.8. The lowest BCUT2D eigenvalue weighted by Gasteiger charge is -2.03. The quantitative estimate of drug-likeness (QED) is 0.873. The van der Waals surface area contributed by atoms with Gasteiger partial charge in [-0.15, -0.1) is 0 Å². The molecule has 3 nitrogen and oxygen atoms in total. The Morgan fingerprint density at radius 2 is 1.88 bits per heavy atom. The first-order chi connectivity index (χ1) is 8.11. The molecule has 0 aliphatic rings. The van der Waals surface area contributed by atoms with E-state index in [0.717, 1.165) is 5.56 Å². The van der Waals surface area contributed by atoms with Crippen LogP contribution in [0.2, 0.25) is 0 Å². The van der Waals surface area contributed by atoms with Crippen molar-refractivity contribution in [2.24, 2.45) is 0 Å². The van der Waals surface area contributed by atoms with E-state index in [0.29, 0.717) is 11.3 Å². The summed E-state index contributed by atoms with van der Waals surface area (Å²) in [7, 11) is 0. The molecule has 3 heteroatoms. The molecule has 0 saturated heterocycles. The Morgan fingerprint density at radius 3 is 2.41 bits per heavy atom. The van der Waals surface area contributed by atoms with Gasteiger partial charge in [0.25, 0.3) is 0 Å². The first-order valence-electron chi connectivity index (χ1n) is 5.51. The summed E-state index contributed by atoms with van der Waals surface area (Å²) in [5, 5.41) is 9.29. The highest BCUT2D eigenvalue weighted by Crippen LogP contribution is 2.31. The number of carbonyl (C=O) groups is 1. The smallest absolute Gasteiger partial charge is 0.339 e. The van der Waals surface area contributed by atoms with Crippen molar-refractivity contribution < 1.29 is 14.3 Å². The Hall–Kier alpha value is -2.03. The molecule has 1 aromatic heterocycles. The van der Waals surface area contributed by atoms with Crippen LogP contribution in [0.4, 0.5) is 0 Å². The molecule has 0 aliphatic carbocycles. The van der Waals surface area contributed by atoms with Gasteiger partial charge in [-0.05, 0) is 5.56 Å². The van der Waals surface area contributed by atoms with Gasteiger partial charge >= 0.3 is 5.97 Å². The van der Waals surface area contributed by atoms with Gasteiger partial charge in [0.15, 0.2) is 0 Å². The number of furan rings is 1. The van der Waals surface area contributed by atoms with E-state index >= 15 is 0 Å². The predicted octanol–water partition coefficient (Wildman–Crippen LogP) is 3.77. The molecule has 2 aromatic rings. The second-order valence-electron chi connectivity index (χ2n) is 4.21. The Kier molecular flexibility index (Phi) is 3.00. The zero-order chi connectivity index (χ0) is 12.4. The fraction of sp³-hybridized carbons (Fsp3) is 0.214. The zero-order valence-electron chi connectivity index (χ0n) is 9.81. The van der Waals surface area contributed by atoms with Crippen molar-refractivity contribution in [1.29, 1.82) is 0 Å². The first kappa shape index (κ1) is 11.5. The Labute approximate surface area is 99.7 Å². The maximum absolute atomic E-state index is 11.3. The highest BCUT2D eigenvalue weighted by molar-refractivity contribution is 5.97. The van der Waals surface area contributed by atoms with Crippen molar-refractivity contribution in [2.45, 2.75) is 19.8 Å². The monoisotopic (exact) mass is 230 g/mol. The lowest BCUT2D eigenvalue weighted by atomic mass is 9.99. The summed E-state index contributed by atoms with van der Waals surface area (Å²) in [6, 6.07) is 9.40. The predicted molar refractivity (Wildman–Crippen MR) is 65.2 cm³/mol. The molecule has 0 saturated carbocycles. The molecule has 0 unspecified atom stereocenters. The Bertz CT molecular complexity index is 524. The summed E-state index contributed by atoms with van der Waals surface area (Å²) < 4.78 is 5.39. The number of carboxylic acids is 1. The van der Waals surface area contributed by atoms with Crippen molar-refractivity contribution >= 4 is 5.97 Å². The molecule has 0 bridgehead atoms. The third kappa shape index (κ3) is 2.09. The minimum atomic E-state index is -0.943. The number of hydrogen-bond acceptors (Lipinski definition) is 2. The molecule has 0 amide bonds. The molecule has 1 aromatic carbocycles. The average molecular weight is 230 g/mol. The maximum atomic E-state index is 11.3. The summed E-state index contributed by atoms with van der Waals surface area (Å²) in [5.74, 6) is -0.365. The van der Waals surface area contributed by atoms with Crippen molar-refractivity contribution in [3.63, 3.8) is 0 Å². The van der Waals surface area contributed by atoms with E-state index < -0.39 is 5.97 Å². The van der Waals surface area contributed by atoms with Crippen LogP contribution in [-0.2, 0) is 0 Å². The average Bonchev–Trinajstić information content (AvgIpc) is 2.74. The fourth-order valence-electron chi connectivity index (χ4n) is 1.85. The molecular weight excluding hydrogens is 216 g/mol. The topological polar surface area (TPSA) is 50.4 Å². The third-order valence-electron chi connectivity index (χ3n) is 2.64. The van der Waals surface area contributed by atoms with Crippen LogP contribution in [-0.4, -0.2) is 11.1 Å². The minimum Gasteiger partial charge on any atom is -0.478 e. The van der Waals surface area contributed by atoms with Crippen LogP contribution in [0.3, 0.4) is 0 Å². The standard InChI is InChI=1S/C14H14O3/c1-9(2)13-12(14(15)16)11(8-17-13)10-6-4-3-5-7-10/h3-9H,1-2H3,(H,15,16). The van der Waals surface area contributed by atoms with Gasteiger partial charge in [0, 0.05) is 11.5 Å². The molecule has 2 rings (SSSR count). The van der Waals surface area contributed by atoms with Gasteiger partial charge < -0.3 is 9.52 Å². The van der Waals surface area contributed by atoms with Gasteiger partial charge in [0.05, 0.1) is 6.26 Å². The summed E-state index contributed by atoms with van der Waals surface area (Å²) in [6.45, 7) is 3.83. The lowest BCUT2D eigenvalue weighted by Crippen LogP contribution is -2.02. The fourth-order valence-corrected chi connectivity index (χ4v) is 1.85. The van der Waals surface area contributed by atoms with Crippen molar-refractivity contribution in [3.8, 4) is 11.1 Å². The summed E-state index contributed by atoms with van der Waals surface area (Å²) in [6.07, 6.45) is 1.52. The van der Waals surface area contributed by atoms with E-state index in [2.05, 4.69) is 0 Å². The van der Waals surface area contributed by atoms with Crippen LogP contribution in [0.25, 0.3) is 11.1 Å². The van der Waals surface area contributed by atoms with Crippen LogP contribution >= 0.6 is 0 Å². The van der Waals surface area contributed by atoms with Gasteiger partial charge in [-0.3, -0.25) is 0 Å². The van der Waals surface area contributed by atoms with Crippen LogP contribution in [0.5, 0.6) is 0 Å². The van der Waals surface area contributed by atoms with Gasteiger partial charge in [-0.2, -0.15) is 0 Å². The van der Waals surface area contributed by atoms with E-state index in [9.17, 15) is 9.90 Å². The number of carboxylic acid groups (broad SMARTS) is 1. The number of rotatable bonds is 3. The highest BCUT2D eigenvalue weighted by Gasteiger charge is 2.22. The van der Waals surface area contributed by atoms with Crippen LogP contribution in [0.1, 0.15) is 35.9 Å². The number of aromatic carboxylic acids is 1. The molecule has 0 aliphatic heterocycles. The third-order valence-corrected chi connectivity index (χ3v) is 2.64. The summed E-state index contributed by atoms with van der Waals surface area (Å²) in [5.41, 5.74) is 1.77. The molecule has 0 spiro atoms. The minimum absolute atomic E-state index is 0.0542. The Morgan fingerprint density at radius 1 is 1.24 bits per heavy atom. The molecule has 0 fully saturated rings. The van der Waals surface area contributed by atoms with Crippen LogP contribution < -0.4 is 0 Å². The maximum Gasteiger partial charge on any atom is 0.339 e. The molecule has 88 valence electrons. The van der Waals surface area contributed by atoms with Crippen LogP contribution in [0.15, 0.2) is 41.0 Å². The van der Waals surface area contributed by atoms with E-state index in [-0.39, 0.29) is 11.5 Å². The van der Waals surface area contributed by atoms with Crippen molar-refractivity contribution in [2.75, 3.05) is 0 Å². The Balaban J connectivity index is 2.60. The number of benzene rings is 1. The van der Waals surface area contributed by atoms with Gasteiger partial charge in [0.2, 0.25) is 0 Å². The number of hydrogen-bond donors (Lipinski definition) is 1. The van der Waals surface area contributed by atoms with E-state index in [1.54, 1.807) is 0 Å². The zero-order valence-corrected chi connectivity index (χ0v) is 9.81. The molecule has 0 atom stereocenters. The largest absolute Gasteiger partial charge is 0.478 e. The SMILES string of the molecule is CC(C)c1occ(-c2ccccc2)c1C(=O)O. The molecule has 1 heterocycles. The van der Waals surface area contributed by atoms with Crippen LogP contribution in [0, 0.1) is 0 Å². The van der Waals surface area contributed by atoms with E-state index in [1.165, 1.54) is 6.26 Å². The van der Waals surface area contributed by atoms with Gasteiger partial charge in [0.1, 0.15) is 11.3 Å². The highest BCUT2D eigenvalue weighted by atomic mass is 16.4. The molecular formula is C14H14O3. The van der Waals surface area contributed by atoms with Crippen molar-refractivity contribution in [1.82, 2.24) is 0 Å².